The zero-order valence-electron chi connectivity index (χ0n) is 8.85. The van der Waals surface area contributed by atoms with Gasteiger partial charge in [0.15, 0.2) is 5.82 Å². The zero-order valence-corrected chi connectivity index (χ0v) is 8.85. The lowest BCUT2D eigenvalue weighted by Crippen LogP contribution is -2.05. The Morgan fingerprint density at radius 3 is 2.94 bits per heavy atom. The van der Waals surface area contributed by atoms with E-state index in [0.29, 0.717) is 18.1 Å². The molecule has 0 radical (unpaired) electrons. The molecule has 0 aliphatic heterocycles. The summed E-state index contributed by atoms with van der Waals surface area (Å²) in [7, 11) is 0. The quantitative estimate of drug-likeness (QED) is 0.858. The highest BCUT2D eigenvalue weighted by Crippen LogP contribution is 2.11. The van der Waals surface area contributed by atoms with Crippen molar-refractivity contribution in [2.24, 2.45) is 5.73 Å². The first-order valence-electron chi connectivity index (χ1n) is 4.97. The topological polar surface area (TPSA) is 64.9 Å². The van der Waals surface area contributed by atoms with Gasteiger partial charge in [0.05, 0.1) is 6.04 Å². The lowest BCUT2D eigenvalue weighted by atomic mass is 10.1. The minimum absolute atomic E-state index is 0.270. The summed E-state index contributed by atoms with van der Waals surface area (Å²) in [6, 6.07) is 6.02. The third kappa shape index (κ3) is 2.43. The molecule has 84 valence electrons. The minimum atomic E-state index is -0.284. The van der Waals surface area contributed by atoms with Crippen LogP contribution in [0.4, 0.5) is 4.39 Å². The van der Waals surface area contributed by atoms with E-state index in [2.05, 4.69) is 10.1 Å². The highest BCUT2D eigenvalue weighted by molar-refractivity contribution is 5.19. The number of nitrogens with two attached hydrogens (primary N) is 1. The second-order valence-corrected chi connectivity index (χ2v) is 3.64. The van der Waals surface area contributed by atoms with Crippen LogP contribution in [0.25, 0.3) is 0 Å². The van der Waals surface area contributed by atoms with Gasteiger partial charge in [0.1, 0.15) is 5.82 Å². The number of halogens is 1. The van der Waals surface area contributed by atoms with Crippen molar-refractivity contribution in [3.63, 3.8) is 0 Å². The Labute approximate surface area is 92.3 Å². The summed E-state index contributed by atoms with van der Waals surface area (Å²) in [4.78, 5) is 4.11. The van der Waals surface area contributed by atoms with Crippen molar-refractivity contribution in [3.05, 3.63) is 47.4 Å². The molecule has 0 bridgehead atoms. The molecule has 2 rings (SSSR count). The Bertz CT molecular complexity index is 482. The molecule has 2 aromatic rings. The van der Waals surface area contributed by atoms with Crippen molar-refractivity contribution >= 4 is 0 Å². The van der Waals surface area contributed by atoms with E-state index >= 15 is 0 Å². The predicted molar refractivity (Wildman–Crippen MR) is 56.1 cm³/mol. The van der Waals surface area contributed by atoms with E-state index in [1.165, 1.54) is 12.1 Å². The smallest absolute Gasteiger partial charge is 0.243 e. The van der Waals surface area contributed by atoms with Crippen molar-refractivity contribution in [2.75, 3.05) is 0 Å². The second-order valence-electron chi connectivity index (χ2n) is 3.64. The molecule has 0 aliphatic carbocycles. The van der Waals surface area contributed by atoms with Crippen LogP contribution in [0.2, 0.25) is 0 Å². The van der Waals surface area contributed by atoms with Crippen LogP contribution in [-0.2, 0) is 6.42 Å². The molecule has 1 atom stereocenters. The van der Waals surface area contributed by atoms with Crippen LogP contribution < -0.4 is 5.73 Å². The monoisotopic (exact) mass is 221 g/mol. The fraction of sp³-hybridized carbons (Fsp3) is 0.273. The van der Waals surface area contributed by atoms with Gasteiger partial charge in [0.25, 0.3) is 0 Å². The summed E-state index contributed by atoms with van der Waals surface area (Å²) < 4.78 is 17.9. The Morgan fingerprint density at radius 2 is 2.31 bits per heavy atom. The molecule has 5 heteroatoms. The van der Waals surface area contributed by atoms with Gasteiger partial charge in [0.2, 0.25) is 5.89 Å². The molecule has 1 aromatic heterocycles. The van der Waals surface area contributed by atoms with Gasteiger partial charge in [0, 0.05) is 6.42 Å². The lowest BCUT2D eigenvalue weighted by Gasteiger charge is -1.96. The van der Waals surface area contributed by atoms with E-state index in [1.807, 2.05) is 6.07 Å². The molecular formula is C11H12FN3O. The van der Waals surface area contributed by atoms with E-state index in [4.69, 9.17) is 10.3 Å². The number of hydrogen-bond acceptors (Lipinski definition) is 4. The van der Waals surface area contributed by atoms with Crippen LogP contribution in [0.3, 0.4) is 0 Å². The van der Waals surface area contributed by atoms with Gasteiger partial charge in [-0.2, -0.15) is 4.98 Å². The molecule has 0 saturated heterocycles. The van der Waals surface area contributed by atoms with Gasteiger partial charge < -0.3 is 10.3 Å². The first-order chi connectivity index (χ1) is 7.65. The number of rotatable bonds is 3. The maximum Gasteiger partial charge on any atom is 0.243 e. The Balaban J connectivity index is 2.14. The van der Waals surface area contributed by atoms with Crippen molar-refractivity contribution in [1.82, 2.24) is 10.1 Å². The number of hydrogen-bond donors (Lipinski definition) is 1. The molecule has 0 unspecified atom stereocenters. The summed E-state index contributed by atoms with van der Waals surface area (Å²) >= 11 is 0. The average Bonchev–Trinajstić information content (AvgIpc) is 2.66. The normalized spacial score (nSPS) is 12.7. The van der Waals surface area contributed by atoms with E-state index in [9.17, 15) is 4.39 Å². The first-order valence-corrected chi connectivity index (χ1v) is 4.97. The number of nitrogens with zero attached hydrogens (tertiary/aromatic N) is 2. The fourth-order valence-electron chi connectivity index (χ4n) is 1.35. The highest BCUT2D eigenvalue weighted by Gasteiger charge is 2.10. The third-order valence-corrected chi connectivity index (χ3v) is 2.12. The third-order valence-electron chi connectivity index (χ3n) is 2.12. The van der Waals surface area contributed by atoms with Gasteiger partial charge in [-0.15, -0.1) is 0 Å². The van der Waals surface area contributed by atoms with E-state index in [-0.39, 0.29) is 11.9 Å². The summed E-state index contributed by atoms with van der Waals surface area (Å²) in [5.74, 6) is 0.637. The average molecular weight is 221 g/mol. The molecule has 1 aromatic carbocycles. The minimum Gasteiger partial charge on any atom is -0.338 e. The molecule has 0 fully saturated rings. The van der Waals surface area contributed by atoms with Gasteiger partial charge in [-0.25, -0.2) is 4.39 Å². The van der Waals surface area contributed by atoms with Crippen LogP contribution in [0.1, 0.15) is 30.2 Å². The van der Waals surface area contributed by atoms with Crippen molar-refractivity contribution in [1.29, 1.82) is 0 Å². The van der Waals surface area contributed by atoms with Crippen molar-refractivity contribution < 1.29 is 8.91 Å². The highest BCUT2D eigenvalue weighted by atomic mass is 19.1. The number of aromatic nitrogens is 2. The van der Waals surface area contributed by atoms with E-state index in [0.717, 1.165) is 5.56 Å². The zero-order chi connectivity index (χ0) is 11.5. The molecule has 16 heavy (non-hydrogen) atoms. The number of benzene rings is 1. The summed E-state index contributed by atoms with van der Waals surface area (Å²) in [6.45, 7) is 1.76. The maximum absolute atomic E-state index is 12.9. The van der Waals surface area contributed by atoms with Crippen LogP contribution in [0.15, 0.2) is 28.8 Å². The lowest BCUT2D eigenvalue weighted by molar-refractivity contribution is 0.357. The molecule has 0 spiro atoms. The molecule has 0 saturated carbocycles. The molecule has 0 aliphatic rings. The van der Waals surface area contributed by atoms with Crippen LogP contribution in [-0.4, -0.2) is 10.1 Å². The van der Waals surface area contributed by atoms with Gasteiger partial charge in [-0.05, 0) is 24.6 Å². The van der Waals surface area contributed by atoms with Gasteiger partial charge >= 0.3 is 0 Å². The standard InChI is InChI=1S/C11H12FN3O/c1-7(13)11-14-10(15-16-11)6-8-3-2-4-9(12)5-8/h2-5,7H,6,13H2,1H3/t7-/m0/s1. The Morgan fingerprint density at radius 1 is 1.50 bits per heavy atom. The molecular weight excluding hydrogens is 209 g/mol. The summed E-state index contributed by atoms with van der Waals surface area (Å²) in [5.41, 5.74) is 6.39. The summed E-state index contributed by atoms with van der Waals surface area (Å²) in [6.07, 6.45) is 0.438. The van der Waals surface area contributed by atoms with Crippen LogP contribution >= 0.6 is 0 Å². The molecule has 1 heterocycles. The van der Waals surface area contributed by atoms with Crippen molar-refractivity contribution in [3.8, 4) is 0 Å². The molecule has 2 N–H and O–H groups in total. The maximum atomic E-state index is 12.9. The van der Waals surface area contributed by atoms with Crippen LogP contribution in [0.5, 0.6) is 0 Å². The Hall–Kier alpha value is -1.75. The molecule has 0 amide bonds. The summed E-state index contributed by atoms with van der Waals surface area (Å²) in [5, 5.41) is 3.77. The van der Waals surface area contributed by atoms with E-state index in [1.54, 1.807) is 13.0 Å². The van der Waals surface area contributed by atoms with E-state index < -0.39 is 0 Å². The first kappa shape index (κ1) is 10.8. The Kier molecular flexibility index (Phi) is 2.96. The SMILES string of the molecule is C[C@H](N)c1nc(Cc2cccc(F)c2)no1. The second kappa shape index (κ2) is 4.40. The predicted octanol–water partition coefficient (Wildman–Crippen LogP) is 1.82. The molecule has 4 nitrogen and oxygen atoms in total. The van der Waals surface area contributed by atoms with Crippen molar-refractivity contribution in [2.45, 2.75) is 19.4 Å². The van der Waals surface area contributed by atoms with Gasteiger partial charge in [-0.3, -0.25) is 0 Å². The largest absolute Gasteiger partial charge is 0.338 e. The van der Waals surface area contributed by atoms with Crippen LogP contribution in [0, 0.1) is 5.82 Å². The van der Waals surface area contributed by atoms with Gasteiger partial charge in [-0.1, -0.05) is 17.3 Å². The fourth-order valence-corrected chi connectivity index (χ4v) is 1.35.